The number of carbonyl (C=O) groups is 1. The molecule has 378 valence electrons. The lowest BCUT2D eigenvalue weighted by Crippen LogP contribution is -2.45. The third kappa shape index (κ3) is 49.1. The van der Waals surface area contributed by atoms with Gasteiger partial charge in [0.2, 0.25) is 5.91 Å². The third-order valence-electron chi connectivity index (χ3n) is 11.0. The van der Waals surface area contributed by atoms with Crippen LogP contribution in [-0.4, -0.2) is 68.5 Å². The van der Waals surface area contributed by atoms with Gasteiger partial charge in [0.15, 0.2) is 0 Å². The predicted octanol–water partition coefficient (Wildman–Crippen LogP) is 15.0. The molecule has 0 bridgehead atoms. The second-order valence-electron chi connectivity index (χ2n) is 18.5. The number of nitrogens with one attached hydrogen (secondary N) is 1. The number of likely N-dealkylation sites (N-methyl/N-ethyl adjacent to an activating group) is 1. The topological polar surface area (TPSA) is 108 Å². The maximum Gasteiger partial charge on any atom is 0.268 e. The third-order valence-corrected chi connectivity index (χ3v) is 12.0. The van der Waals surface area contributed by atoms with Crippen molar-refractivity contribution in [2.75, 3.05) is 40.9 Å². The summed E-state index contributed by atoms with van der Waals surface area (Å²) in [6.07, 6.45) is 69.0. The first-order chi connectivity index (χ1) is 32.0. The predicted molar refractivity (Wildman–Crippen MR) is 283 cm³/mol. The van der Waals surface area contributed by atoms with Crippen LogP contribution in [-0.2, 0) is 18.4 Å². The van der Waals surface area contributed by atoms with Crippen molar-refractivity contribution in [3.8, 4) is 0 Å². The molecule has 0 aromatic rings. The molecule has 0 aromatic heterocycles. The smallest absolute Gasteiger partial charge is 0.268 e. The van der Waals surface area contributed by atoms with E-state index < -0.39 is 20.0 Å². The van der Waals surface area contributed by atoms with E-state index in [1.807, 2.05) is 27.2 Å². The lowest BCUT2D eigenvalue weighted by atomic mass is 10.0. The van der Waals surface area contributed by atoms with Crippen molar-refractivity contribution in [1.82, 2.24) is 5.32 Å². The molecule has 0 aliphatic heterocycles. The largest absolute Gasteiger partial charge is 0.756 e. The Hall–Kier alpha value is -2.84. The van der Waals surface area contributed by atoms with Crippen LogP contribution in [0, 0.1) is 0 Å². The molecule has 0 saturated carbocycles. The highest BCUT2D eigenvalue weighted by atomic mass is 31.2. The van der Waals surface area contributed by atoms with Crippen LogP contribution < -0.4 is 10.2 Å². The molecule has 3 atom stereocenters. The number of hydrogen-bond acceptors (Lipinski definition) is 6. The molecule has 0 fully saturated rings. The first-order valence-electron chi connectivity index (χ1n) is 26.2. The van der Waals surface area contributed by atoms with Gasteiger partial charge < -0.3 is 28.8 Å². The molecule has 66 heavy (non-hydrogen) atoms. The van der Waals surface area contributed by atoms with Gasteiger partial charge in [-0.2, -0.15) is 0 Å². The second-order valence-corrected chi connectivity index (χ2v) is 19.9. The fourth-order valence-electron chi connectivity index (χ4n) is 6.87. The molecule has 1 amide bonds. The average Bonchev–Trinajstić information content (AvgIpc) is 3.28. The summed E-state index contributed by atoms with van der Waals surface area (Å²) in [4.78, 5) is 25.2. The maximum absolute atomic E-state index is 12.8. The van der Waals surface area contributed by atoms with E-state index in [2.05, 4.69) is 116 Å². The molecule has 0 aliphatic carbocycles. The molecule has 0 saturated heterocycles. The van der Waals surface area contributed by atoms with Crippen LogP contribution >= 0.6 is 7.82 Å². The van der Waals surface area contributed by atoms with Gasteiger partial charge in [0, 0.05) is 6.42 Å². The van der Waals surface area contributed by atoms with E-state index >= 15 is 0 Å². The lowest BCUT2D eigenvalue weighted by molar-refractivity contribution is -0.870. The van der Waals surface area contributed by atoms with Crippen LogP contribution in [0.3, 0.4) is 0 Å². The van der Waals surface area contributed by atoms with Gasteiger partial charge in [-0.25, -0.2) is 0 Å². The maximum atomic E-state index is 12.8. The molecule has 0 rings (SSSR count). The number of phosphoric acid groups is 1. The summed E-state index contributed by atoms with van der Waals surface area (Å²) in [6.45, 7) is 4.45. The number of unbranched alkanes of at least 4 members (excludes halogenated alkanes) is 17. The SMILES string of the molecule is CC/C=C\C/C=C\C/C=C\C/C=C\C/C=C\C/C=C\C/C=C\C/C=C\CCCCCCCCCCCCCCC(=O)NC(COP(=O)([O-])OCC[N+](C)(C)C)C(O)/C=C/CCCCCCC. The van der Waals surface area contributed by atoms with E-state index in [0.717, 1.165) is 89.9 Å². The summed E-state index contributed by atoms with van der Waals surface area (Å²) >= 11 is 0. The van der Waals surface area contributed by atoms with Gasteiger partial charge in [0.05, 0.1) is 39.9 Å². The quantitative estimate of drug-likeness (QED) is 0.0272. The molecule has 2 N–H and O–H groups in total. The highest BCUT2D eigenvalue weighted by Crippen LogP contribution is 2.38. The van der Waals surface area contributed by atoms with E-state index in [1.54, 1.807) is 6.08 Å². The van der Waals surface area contributed by atoms with Crippen LogP contribution in [0.4, 0.5) is 0 Å². The Morgan fingerprint density at radius 3 is 1.35 bits per heavy atom. The molecule has 8 nitrogen and oxygen atoms in total. The molecule has 0 radical (unpaired) electrons. The van der Waals surface area contributed by atoms with Gasteiger partial charge in [0.1, 0.15) is 13.2 Å². The zero-order chi connectivity index (χ0) is 48.5. The molecular formula is C57H99N2O6P. The number of quaternary nitrogens is 1. The Kier molecular flexibility index (Phi) is 45.2. The van der Waals surface area contributed by atoms with Crippen molar-refractivity contribution in [2.24, 2.45) is 0 Å². The van der Waals surface area contributed by atoms with Gasteiger partial charge in [-0.3, -0.25) is 9.36 Å². The minimum atomic E-state index is -4.59. The van der Waals surface area contributed by atoms with Crippen molar-refractivity contribution < 1.29 is 32.9 Å². The van der Waals surface area contributed by atoms with Crippen molar-refractivity contribution >= 4 is 13.7 Å². The molecule has 3 unspecified atom stereocenters. The minimum Gasteiger partial charge on any atom is -0.756 e. The summed E-state index contributed by atoms with van der Waals surface area (Å²) in [5, 5.41) is 13.7. The first kappa shape index (κ1) is 63.2. The Morgan fingerprint density at radius 2 is 0.924 bits per heavy atom. The highest BCUT2D eigenvalue weighted by molar-refractivity contribution is 7.45. The van der Waals surface area contributed by atoms with Crippen molar-refractivity contribution in [3.63, 3.8) is 0 Å². The van der Waals surface area contributed by atoms with Gasteiger partial charge in [-0.05, 0) is 83.5 Å². The minimum absolute atomic E-state index is 0.00634. The fraction of sp³-hybridized carbons (Fsp3) is 0.667. The summed E-state index contributed by atoms with van der Waals surface area (Å²) in [7, 11) is 1.24. The number of rotatable bonds is 46. The number of phosphoric ester groups is 1. The zero-order valence-electron chi connectivity index (χ0n) is 42.9. The Morgan fingerprint density at radius 1 is 0.545 bits per heavy atom. The molecule has 0 spiro atoms. The summed E-state index contributed by atoms with van der Waals surface area (Å²) in [5.74, 6) is -0.209. The monoisotopic (exact) mass is 939 g/mol. The van der Waals surface area contributed by atoms with Crippen LogP contribution in [0.2, 0.25) is 0 Å². The van der Waals surface area contributed by atoms with E-state index in [9.17, 15) is 19.4 Å². The van der Waals surface area contributed by atoms with Crippen molar-refractivity contribution in [1.29, 1.82) is 0 Å². The summed E-state index contributed by atoms with van der Waals surface area (Å²) in [6, 6.07) is -0.890. The Bertz CT molecular complexity index is 1440. The Labute approximate surface area is 406 Å². The first-order valence-corrected chi connectivity index (χ1v) is 27.7. The van der Waals surface area contributed by atoms with Gasteiger partial charge >= 0.3 is 0 Å². The molecule has 0 aromatic carbocycles. The average molecular weight is 939 g/mol. The number of allylic oxidation sites excluding steroid dienone is 17. The van der Waals surface area contributed by atoms with Crippen LogP contribution in [0.25, 0.3) is 0 Å². The number of carbonyl (C=O) groups excluding carboxylic acids is 1. The number of nitrogens with zero attached hydrogens (tertiary/aromatic N) is 1. The number of hydrogen-bond donors (Lipinski definition) is 2. The van der Waals surface area contributed by atoms with Crippen molar-refractivity contribution in [3.05, 3.63) is 109 Å². The molecular weight excluding hydrogens is 840 g/mol. The summed E-state index contributed by atoms with van der Waals surface area (Å²) < 4.78 is 23.1. The molecule has 0 aliphatic rings. The normalized spacial score (nSPS) is 15.0. The van der Waals surface area contributed by atoms with Crippen LogP contribution in [0.5, 0.6) is 0 Å². The van der Waals surface area contributed by atoms with Gasteiger partial charge in [0.25, 0.3) is 7.82 Å². The lowest BCUT2D eigenvalue weighted by Gasteiger charge is -2.29. The second kappa shape index (κ2) is 47.2. The zero-order valence-corrected chi connectivity index (χ0v) is 43.7. The van der Waals surface area contributed by atoms with Crippen molar-refractivity contribution in [2.45, 2.75) is 206 Å². The number of aliphatic hydroxyl groups is 1. The van der Waals surface area contributed by atoms with Gasteiger partial charge in [-0.15, -0.1) is 0 Å². The standard InChI is InChI=1S/C57H99N2O6P/c1-6-8-10-12-14-15-16-17-18-19-20-21-22-23-24-25-26-27-28-29-30-31-32-33-34-35-36-37-38-39-40-41-42-43-45-47-49-51-57(61)58-55(56(60)50-48-46-44-13-11-9-7-2)54-65-66(62,63)64-53-52-59(3,4)5/h8,10,14-15,17-18,20-21,23-24,26-27,29-30,32-33,48,50,55-56,60H,6-7,9,11-13,16,19,22,25,28,31,34-47,49,51-54H2,1-5H3,(H-,58,61,62,63)/b10-8-,15-14-,18-17-,21-20-,24-23-,27-26-,30-29-,33-32-,50-48+. The number of aliphatic hydroxyl groups excluding tert-OH is 1. The molecule has 0 heterocycles. The van der Waals surface area contributed by atoms with E-state index in [1.165, 1.54) is 83.5 Å². The number of amides is 1. The van der Waals surface area contributed by atoms with Crippen LogP contribution in [0.1, 0.15) is 194 Å². The summed E-state index contributed by atoms with van der Waals surface area (Å²) in [5.41, 5.74) is 0. The van der Waals surface area contributed by atoms with Crippen LogP contribution in [0.15, 0.2) is 109 Å². The fourth-order valence-corrected chi connectivity index (χ4v) is 7.60. The molecule has 9 heteroatoms. The van der Waals surface area contributed by atoms with E-state index in [4.69, 9.17) is 9.05 Å². The van der Waals surface area contributed by atoms with E-state index in [-0.39, 0.29) is 19.1 Å². The van der Waals surface area contributed by atoms with Gasteiger partial charge in [-0.1, -0.05) is 213 Å². The highest BCUT2D eigenvalue weighted by Gasteiger charge is 2.23. The van der Waals surface area contributed by atoms with E-state index in [0.29, 0.717) is 17.4 Å². The Balaban J connectivity index is 3.97.